The van der Waals surface area contributed by atoms with E-state index in [0.29, 0.717) is 5.69 Å². The van der Waals surface area contributed by atoms with Crippen molar-refractivity contribution >= 4 is 17.5 Å². The van der Waals surface area contributed by atoms with Gasteiger partial charge in [-0.05, 0) is 31.2 Å². The van der Waals surface area contributed by atoms with Crippen molar-refractivity contribution in [1.82, 2.24) is 4.98 Å². The second kappa shape index (κ2) is 5.15. The molecule has 1 aromatic heterocycles. The molecule has 2 nitrogen and oxygen atoms in total. The molecule has 0 bridgehead atoms. The van der Waals surface area contributed by atoms with E-state index in [1.165, 1.54) is 17.4 Å². The molecule has 0 saturated heterocycles. The first-order chi connectivity index (χ1) is 8.15. The van der Waals surface area contributed by atoms with Crippen LogP contribution in [0.25, 0.3) is 0 Å². The molecule has 0 amide bonds. The number of Topliss-reactive ketones (excluding diaryl/α,β-unsaturated/α-hetero) is 1. The number of hydrogen-bond acceptors (Lipinski definition) is 3. The second-order valence-electron chi connectivity index (χ2n) is 3.85. The Labute approximate surface area is 105 Å². The first kappa shape index (κ1) is 11.9. The number of ketones is 1. The molecule has 3 heteroatoms. The monoisotopic (exact) mass is 243 g/mol. The van der Waals surface area contributed by atoms with Gasteiger partial charge in [0.15, 0.2) is 5.78 Å². The van der Waals surface area contributed by atoms with Crippen molar-refractivity contribution in [2.45, 2.75) is 23.6 Å². The summed E-state index contributed by atoms with van der Waals surface area (Å²) in [4.78, 5) is 17.4. The van der Waals surface area contributed by atoms with Crippen molar-refractivity contribution in [1.29, 1.82) is 0 Å². The molecule has 0 unspecified atom stereocenters. The minimum absolute atomic E-state index is 0.00268. The molecule has 0 fully saturated rings. The topological polar surface area (TPSA) is 30.0 Å². The van der Waals surface area contributed by atoms with E-state index in [1.54, 1.807) is 24.0 Å². The fourth-order valence-corrected chi connectivity index (χ4v) is 2.37. The zero-order valence-corrected chi connectivity index (χ0v) is 10.6. The highest BCUT2D eigenvalue weighted by molar-refractivity contribution is 7.99. The summed E-state index contributed by atoms with van der Waals surface area (Å²) in [5, 5.41) is 0. The maximum atomic E-state index is 11.1. The van der Waals surface area contributed by atoms with Crippen LogP contribution in [0.3, 0.4) is 0 Å². The van der Waals surface area contributed by atoms with Crippen molar-refractivity contribution in [3.63, 3.8) is 0 Å². The van der Waals surface area contributed by atoms with Crippen molar-refractivity contribution in [3.05, 3.63) is 53.9 Å². The van der Waals surface area contributed by atoms with Crippen LogP contribution < -0.4 is 0 Å². The average Bonchev–Trinajstić information content (AvgIpc) is 2.29. The van der Waals surface area contributed by atoms with Crippen LogP contribution in [-0.4, -0.2) is 10.8 Å². The number of hydrogen-bond donors (Lipinski definition) is 0. The van der Waals surface area contributed by atoms with Crippen LogP contribution in [0.1, 0.15) is 23.0 Å². The zero-order chi connectivity index (χ0) is 12.3. The zero-order valence-electron chi connectivity index (χ0n) is 9.81. The summed E-state index contributed by atoms with van der Waals surface area (Å²) in [5.74, 6) is -0.00268. The van der Waals surface area contributed by atoms with Gasteiger partial charge in [-0.25, -0.2) is 0 Å². The number of pyridine rings is 1. The molecule has 0 spiro atoms. The van der Waals surface area contributed by atoms with Gasteiger partial charge in [0.25, 0.3) is 0 Å². The number of rotatable bonds is 3. The molecule has 0 N–H and O–H groups in total. The van der Waals surface area contributed by atoms with Gasteiger partial charge in [-0.2, -0.15) is 0 Å². The third kappa shape index (κ3) is 3.17. The minimum atomic E-state index is -0.00268. The van der Waals surface area contributed by atoms with Gasteiger partial charge in [0.05, 0.1) is 0 Å². The average molecular weight is 243 g/mol. The van der Waals surface area contributed by atoms with E-state index < -0.39 is 0 Å². The van der Waals surface area contributed by atoms with Gasteiger partial charge in [-0.3, -0.25) is 9.78 Å². The molecule has 0 aliphatic rings. The Morgan fingerprint density at radius 2 is 2.00 bits per heavy atom. The summed E-state index contributed by atoms with van der Waals surface area (Å²) in [6.07, 6.45) is 1.74. The van der Waals surface area contributed by atoms with Crippen molar-refractivity contribution < 1.29 is 4.79 Å². The molecule has 0 saturated carbocycles. The molecule has 17 heavy (non-hydrogen) atoms. The Balaban J connectivity index is 2.16. The Kier molecular flexibility index (Phi) is 3.59. The van der Waals surface area contributed by atoms with E-state index in [0.717, 1.165) is 4.90 Å². The van der Waals surface area contributed by atoms with Crippen LogP contribution in [0.5, 0.6) is 0 Å². The lowest BCUT2D eigenvalue weighted by atomic mass is 10.2. The van der Waals surface area contributed by atoms with Gasteiger partial charge in [-0.15, -0.1) is 0 Å². The van der Waals surface area contributed by atoms with Gasteiger partial charge >= 0.3 is 0 Å². The Morgan fingerprint density at radius 3 is 2.59 bits per heavy atom. The van der Waals surface area contributed by atoms with E-state index in [4.69, 9.17) is 0 Å². The van der Waals surface area contributed by atoms with Crippen LogP contribution in [0.15, 0.2) is 52.4 Å². The first-order valence-electron chi connectivity index (χ1n) is 5.36. The van der Waals surface area contributed by atoms with Gasteiger partial charge in [0.2, 0.25) is 0 Å². The lowest BCUT2D eigenvalue weighted by Gasteiger charge is -2.02. The molecule has 0 aliphatic heterocycles. The van der Waals surface area contributed by atoms with E-state index in [-0.39, 0.29) is 5.78 Å². The Morgan fingerprint density at radius 1 is 1.18 bits per heavy atom. The predicted molar refractivity (Wildman–Crippen MR) is 69.5 cm³/mol. The number of benzene rings is 1. The highest BCUT2D eigenvalue weighted by Crippen LogP contribution is 2.27. The van der Waals surface area contributed by atoms with Crippen LogP contribution >= 0.6 is 11.8 Å². The molecule has 2 rings (SSSR count). The summed E-state index contributed by atoms with van der Waals surface area (Å²) in [7, 11) is 0. The molecule has 2 aromatic rings. The number of aryl methyl sites for hydroxylation is 1. The van der Waals surface area contributed by atoms with Crippen molar-refractivity contribution in [2.75, 3.05) is 0 Å². The summed E-state index contributed by atoms with van der Waals surface area (Å²) in [6, 6.07) is 12.0. The number of carbonyl (C=O) groups is 1. The standard InChI is InChI=1S/C14H13NOS/c1-10-4-3-5-12(8-10)17-13-6-7-14(11(2)16)15-9-13/h3-9H,1-2H3. The third-order valence-electron chi connectivity index (χ3n) is 2.32. The number of aromatic nitrogens is 1. The number of nitrogens with zero attached hydrogens (tertiary/aromatic N) is 1. The van der Waals surface area contributed by atoms with Crippen LogP contribution in [-0.2, 0) is 0 Å². The number of carbonyl (C=O) groups excluding carboxylic acids is 1. The summed E-state index contributed by atoms with van der Waals surface area (Å²) < 4.78 is 0. The van der Waals surface area contributed by atoms with Crippen molar-refractivity contribution in [3.8, 4) is 0 Å². The largest absolute Gasteiger partial charge is 0.293 e. The minimum Gasteiger partial charge on any atom is -0.293 e. The highest BCUT2D eigenvalue weighted by Gasteiger charge is 2.02. The van der Waals surface area contributed by atoms with Gasteiger partial charge in [0, 0.05) is 22.9 Å². The second-order valence-corrected chi connectivity index (χ2v) is 5.00. The van der Waals surface area contributed by atoms with Gasteiger partial charge in [-0.1, -0.05) is 29.5 Å². The van der Waals surface area contributed by atoms with E-state index in [9.17, 15) is 4.79 Å². The lowest BCUT2D eigenvalue weighted by molar-refractivity contribution is 0.101. The fourth-order valence-electron chi connectivity index (χ4n) is 1.46. The lowest BCUT2D eigenvalue weighted by Crippen LogP contribution is -1.95. The smallest absolute Gasteiger partial charge is 0.178 e. The third-order valence-corrected chi connectivity index (χ3v) is 3.29. The maximum absolute atomic E-state index is 11.1. The predicted octanol–water partition coefficient (Wildman–Crippen LogP) is 3.74. The highest BCUT2D eigenvalue weighted by atomic mass is 32.2. The molecule has 0 radical (unpaired) electrons. The van der Waals surface area contributed by atoms with Gasteiger partial charge < -0.3 is 0 Å². The van der Waals surface area contributed by atoms with Crippen LogP contribution in [0.4, 0.5) is 0 Å². The maximum Gasteiger partial charge on any atom is 0.178 e. The van der Waals surface area contributed by atoms with Crippen molar-refractivity contribution in [2.24, 2.45) is 0 Å². The SMILES string of the molecule is CC(=O)c1ccc(Sc2cccc(C)c2)cn1. The van der Waals surface area contributed by atoms with Crippen LogP contribution in [0.2, 0.25) is 0 Å². The first-order valence-corrected chi connectivity index (χ1v) is 6.18. The fraction of sp³-hybridized carbons (Fsp3) is 0.143. The normalized spacial score (nSPS) is 10.2. The Bertz CT molecular complexity index is 534. The Hall–Kier alpha value is -1.61. The molecule has 0 atom stereocenters. The van der Waals surface area contributed by atoms with E-state index >= 15 is 0 Å². The van der Waals surface area contributed by atoms with E-state index in [1.807, 2.05) is 12.1 Å². The quantitative estimate of drug-likeness (QED) is 0.769. The molecule has 1 aromatic carbocycles. The summed E-state index contributed by atoms with van der Waals surface area (Å²) in [5.41, 5.74) is 1.75. The summed E-state index contributed by atoms with van der Waals surface area (Å²) in [6.45, 7) is 3.59. The molecular weight excluding hydrogens is 230 g/mol. The van der Waals surface area contributed by atoms with E-state index in [2.05, 4.69) is 30.1 Å². The molecule has 0 aliphatic carbocycles. The summed E-state index contributed by atoms with van der Waals surface area (Å²) >= 11 is 1.65. The van der Waals surface area contributed by atoms with Gasteiger partial charge in [0.1, 0.15) is 5.69 Å². The molecule has 1 heterocycles. The molecular formula is C14H13NOS. The van der Waals surface area contributed by atoms with Crippen LogP contribution in [0, 0.1) is 6.92 Å². The molecule has 86 valence electrons.